The minimum absolute atomic E-state index is 0.562. The Labute approximate surface area is 266 Å². The Morgan fingerprint density at radius 1 is 0.500 bits per heavy atom. The van der Waals surface area contributed by atoms with Gasteiger partial charge in [0.15, 0.2) is 11.6 Å². The summed E-state index contributed by atoms with van der Waals surface area (Å²) in [6, 6.07) is 53.6. The van der Waals surface area contributed by atoms with Gasteiger partial charge in [-0.3, -0.25) is 4.57 Å². The van der Waals surface area contributed by atoms with Gasteiger partial charge in [-0.15, -0.1) is 0 Å². The topological polar surface area (TPSA) is 56.1 Å². The van der Waals surface area contributed by atoms with Crippen LogP contribution in [0, 0.1) is 0 Å². The lowest BCUT2D eigenvalue weighted by molar-refractivity contribution is 0.415. The van der Waals surface area contributed by atoms with Crippen molar-refractivity contribution < 1.29 is 4.74 Å². The van der Waals surface area contributed by atoms with Crippen LogP contribution in [0.4, 0.5) is 17.1 Å². The third kappa shape index (κ3) is 4.82. The maximum absolute atomic E-state index is 5.48. The first-order chi connectivity index (χ1) is 22.8. The molecule has 0 saturated heterocycles. The van der Waals surface area contributed by atoms with E-state index in [0.717, 1.165) is 55.7 Å². The quantitative estimate of drug-likeness (QED) is 0.184. The average molecular weight is 596 g/mol. The van der Waals surface area contributed by atoms with E-state index in [1.54, 1.807) is 7.11 Å². The highest BCUT2D eigenvalue weighted by Crippen LogP contribution is 2.43. The molecular formula is C40H29N5O. The summed E-state index contributed by atoms with van der Waals surface area (Å²) in [6.45, 7) is 0. The molecule has 0 aliphatic rings. The van der Waals surface area contributed by atoms with Crippen LogP contribution in [-0.4, -0.2) is 26.6 Å². The monoisotopic (exact) mass is 595 g/mol. The van der Waals surface area contributed by atoms with E-state index >= 15 is 0 Å². The van der Waals surface area contributed by atoms with Crippen molar-refractivity contribution in [1.29, 1.82) is 0 Å². The Bertz CT molecular complexity index is 2230. The number of aromatic nitrogens is 4. The number of anilines is 3. The number of hydrogen-bond donors (Lipinski definition) is 0. The number of benzene rings is 6. The molecule has 0 atom stereocenters. The zero-order valence-electron chi connectivity index (χ0n) is 25.2. The number of hydrogen-bond acceptors (Lipinski definition) is 5. The van der Waals surface area contributed by atoms with Crippen molar-refractivity contribution in [2.45, 2.75) is 0 Å². The molecule has 6 heteroatoms. The van der Waals surface area contributed by atoms with Crippen LogP contribution in [0.5, 0.6) is 5.75 Å². The number of ether oxygens (including phenoxy) is 1. The SMILES string of the molecule is COc1ccc(N(c2ccccc2)c2cccc3c2c2ccccc2n3-c2nc(-c3ccccc3)nc(-c3ccccc3)n2)cc1. The lowest BCUT2D eigenvalue weighted by Crippen LogP contribution is -2.10. The van der Waals surface area contributed by atoms with Crippen LogP contribution in [0.1, 0.15) is 0 Å². The summed E-state index contributed by atoms with van der Waals surface area (Å²) in [5.74, 6) is 2.61. The second kappa shape index (κ2) is 11.7. The van der Waals surface area contributed by atoms with Crippen LogP contribution < -0.4 is 9.64 Å². The van der Waals surface area contributed by atoms with Gasteiger partial charge in [-0.2, -0.15) is 9.97 Å². The van der Waals surface area contributed by atoms with Crippen LogP contribution in [-0.2, 0) is 0 Å². The van der Waals surface area contributed by atoms with Crippen molar-refractivity contribution in [3.8, 4) is 34.5 Å². The molecule has 220 valence electrons. The fraction of sp³-hybridized carbons (Fsp3) is 0.0250. The van der Waals surface area contributed by atoms with E-state index in [4.69, 9.17) is 19.7 Å². The van der Waals surface area contributed by atoms with E-state index in [9.17, 15) is 0 Å². The number of rotatable bonds is 7. The third-order valence-electron chi connectivity index (χ3n) is 8.15. The summed E-state index contributed by atoms with van der Waals surface area (Å²) in [4.78, 5) is 17.4. The van der Waals surface area contributed by atoms with E-state index in [2.05, 4.69) is 88.3 Å². The predicted molar refractivity (Wildman–Crippen MR) is 186 cm³/mol. The van der Waals surface area contributed by atoms with Gasteiger partial charge >= 0.3 is 0 Å². The molecule has 0 unspecified atom stereocenters. The summed E-state index contributed by atoms with van der Waals surface area (Å²) in [6.07, 6.45) is 0. The van der Waals surface area contributed by atoms with Crippen LogP contribution >= 0.6 is 0 Å². The van der Waals surface area contributed by atoms with Gasteiger partial charge in [-0.05, 0) is 54.6 Å². The first-order valence-electron chi connectivity index (χ1n) is 15.2. The van der Waals surface area contributed by atoms with Crippen molar-refractivity contribution in [3.63, 3.8) is 0 Å². The van der Waals surface area contributed by atoms with E-state index < -0.39 is 0 Å². The fourth-order valence-corrected chi connectivity index (χ4v) is 6.04. The Morgan fingerprint density at radius 3 is 1.67 bits per heavy atom. The highest BCUT2D eigenvalue weighted by molar-refractivity contribution is 6.16. The Balaban J connectivity index is 1.42. The Kier molecular flexibility index (Phi) is 6.92. The largest absolute Gasteiger partial charge is 0.497 e. The molecule has 0 N–H and O–H groups in total. The molecule has 2 aromatic heterocycles. The summed E-state index contributed by atoms with van der Waals surface area (Å²) in [5.41, 5.74) is 6.99. The van der Waals surface area contributed by atoms with Gasteiger partial charge in [0.2, 0.25) is 5.95 Å². The minimum atomic E-state index is 0.562. The van der Waals surface area contributed by atoms with Crippen molar-refractivity contribution in [1.82, 2.24) is 19.5 Å². The van der Waals surface area contributed by atoms with E-state index in [-0.39, 0.29) is 0 Å². The summed E-state index contributed by atoms with van der Waals surface area (Å²) < 4.78 is 7.64. The van der Waals surface area contributed by atoms with Gasteiger partial charge in [0.25, 0.3) is 0 Å². The first-order valence-corrected chi connectivity index (χ1v) is 15.2. The van der Waals surface area contributed by atoms with Gasteiger partial charge in [0, 0.05) is 33.3 Å². The molecule has 0 saturated carbocycles. The zero-order valence-corrected chi connectivity index (χ0v) is 25.2. The molecule has 0 spiro atoms. The van der Waals surface area contributed by atoms with E-state index in [1.807, 2.05) is 78.9 Å². The number of nitrogens with zero attached hydrogens (tertiary/aromatic N) is 5. The van der Waals surface area contributed by atoms with E-state index in [0.29, 0.717) is 17.6 Å². The molecule has 0 aliphatic heterocycles. The lowest BCUT2D eigenvalue weighted by atomic mass is 10.1. The molecule has 8 rings (SSSR count). The molecular weight excluding hydrogens is 566 g/mol. The highest BCUT2D eigenvalue weighted by atomic mass is 16.5. The van der Waals surface area contributed by atoms with Crippen LogP contribution in [0.25, 0.3) is 50.5 Å². The molecule has 6 aromatic carbocycles. The molecule has 46 heavy (non-hydrogen) atoms. The lowest BCUT2D eigenvalue weighted by Gasteiger charge is -2.26. The number of fused-ring (bicyclic) bond motifs is 3. The molecule has 6 nitrogen and oxygen atoms in total. The molecule has 8 aromatic rings. The van der Waals surface area contributed by atoms with Crippen molar-refractivity contribution in [2.24, 2.45) is 0 Å². The van der Waals surface area contributed by atoms with Crippen molar-refractivity contribution in [3.05, 3.63) is 158 Å². The van der Waals surface area contributed by atoms with Gasteiger partial charge in [-0.1, -0.05) is 103 Å². The smallest absolute Gasteiger partial charge is 0.238 e. The normalized spacial score (nSPS) is 11.2. The van der Waals surface area contributed by atoms with Gasteiger partial charge in [0.05, 0.1) is 23.8 Å². The van der Waals surface area contributed by atoms with Crippen LogP contribution in [0.15, 0.2) is 158 Å². The van der Waals surface area contributed by atoms with Gasteiger partial charge < -0.3 is 9.64 Å². The van der Waals surface area contributed by atoms with Crippen molar-refractivity contribution >= 4 is 38.9 Å². The van der Waals surface area contributed by atoms with E-state index in [1.165, 1.54) is 0 Å². The summed E-state index contributed by atoms with van der Waals surface area (Å²) >= 11 is 0. The zero-order chi connectivity index (χ0) is 30.9. The fourth-order valence-electron chi connectivity index (χ4n) is 6.04. The molecule has 0 radical (unpaired) electrons. The van der Waals surface area contributed by atoms with Crippen molar-refractivity contribution in [2.75, 3.05) is 12.0 Å². The Morgan fingerprint density at radius 2 is 1.04 bits per heavy atom. The molecule has 0 bridgehead atoms. The number of para-hydroxylation sites is 2. The molecule has 0 amide bonds. The van der Waals surface area contributed by atoms with Gasteiger partial charge in [0.1, 0.15) is 5.75 Å². The van der Waals surface area contributed by atoms with Crippen LogP contribution in [0.2, 0.25) is 0 Å². The highest BCUT2D eigenvalue weighted by Gasteiger charge is 2.22. The standard InChI is InChI=1S/C40H29N5O/c1-46-32-26-24-31(25-27-32)44(30-18-9-4-10-19-30)35-22-13-23-36-37(35)33-20-11-12-21-34(33)45(36)40-42-38(28-14-5-2-6-15-28)41-39(43-40)29-16-7-3-8-17-29/h2-27H,1H3. The predicted octanol–water partition coefficient (Wildman–Crippen LogP) is 9.78. The maximum atomic E-state index is 5.48. The molecule has 0 fully saturated rings. The molecule has 2 heterocycles. The minimum Gasteiger partial charge on any atom is -0.497 e. The average Bonchev–Trinajstić information content (AvgIpc) is 3.48. The molecule has 0 aliphatic carbocycles. The first kappa shape index (κ1) is 27.3. The summed E-state index contributed by atoms with van der Waals surface area (Å²) in [7, 11) is 1.69. The van der Waals surface area contributed by atoms with Gasteiger partial charge in [-0.25, -0.2) is 4.98 Å². The maximum Gasteiger partial charge on any atom is 0.238 e. The second-order valence-electron chi connectivity index (χ2n) is 10.9. The number of methoxy groups -OCH3 is 1. The third-order valence-corrected chi connectivity index (χ3v) is 8.15. The summed E-state index contributed by atoms with van der Waals surface area (Å²) in [5, 5.41) is 2.20. The van der Waals surface area contributed by atoms with Crippen LogP contribution in [0.3, 0.4) is 0 Å². The second-order valence-corrected chi connectivity index (χ2v) is 10.9. The Hall–Kier alpha value is -6.27.